The van der Waals surface area contributed by atoms with Gasteiger partial charge in [-0.25, -0.2) is 8.42 Å². The van der Waals surface area contributed by atoms with E-state index in [2.05, 4.69) is 4.90 Å². The summed E-state index contributed by atoms with van der Waals surface area (Å²) in [6.07, 6.45) is 1.79. The Morgan fingerprint density at radius 1 is 0.862 bits per heavy atom. The number of anilines is 2. The van der Waals surface area contributed by atoms with Gasteiger partial charge in [-0.1, -0.05) is 17.7 Å². The van der Waals surface area contributed by atoms with Crippen molar-refractivity contribution in [2.45, 2.75) is 24.2 Å². The molecule has 0 radical (unpaired) electrons. The number of halogens is 1. The first-order valence-electron chi connectivity index (χ1n) is 9.90. The van der Waals surface area contributed by atoms with E-state index in [0.717, 1.165) is 28.9 Å². The summed E-state index contributed by atoms with van der Waals surface area (Å²) in [7, 11) is -3.56. The third-order valence-corrected chi connectivity index (χ3v) is 8.19. The van der Waals surface area contributed by atoms with Gasteiger partial charge in [0.15, 0.2) is 0 Å². The molecule has 2 aromatic rings. The Morgan fingerprint density at radius 2 is 1.59 bits per heavy atom. The summed E-state index contributed by atoms with van der Waals surface area (Å²) in [6, 6.07) is 11.2. The van der Waals surface area contributed by atoms with Crippen LogP contribution in [0.4, 0.5) is 11.4 Å². The first-order valence-corrected chi connectivity index (χ1v) is 11.7. The number of carbonyl (C=O) groups excluding carboxylic acids is 1. The van der Waals surface area contributed by atoms with Crippen LogP contribution in [-0.2, 0) is 27.7 Å². The molecule has 1 amide bonds. The number of hydrogen-bond acceptors (Lipinski definition) is 4. The number of carbonyl (C=O) groups is 1. The van der Waals surface area contributed by atoms with E-state index in [9.17, 15) is 13.2 Å². The Balaban J connectivity index is 1.38. The van der Waals surface area contributed by atoms with Gasteiger partial charge in [-0.15, -0.1) is 0 Å². The van der Waals surface area contributed by atoms with Crippen molar-refractivity contribution in [1.82, 2.24) is 4.31 Å². The van der Waals surface area contributed by atoms with Crippen molar-refractivity contribution >= 4 is 38.9 Å². The maximum absolute atomic E-state index is 13.3. The summed E-state index contributed by atoms with van der Waals surface area (Å²) in [4.78, 5) is 16.4. The molecule has 3 aliphatic heterocycles. The van der Waals surface area contributed by atoms with E-state index >= 15 is 0 Å². The minimum absolute atomic E-state index is 0.143. The van der Waals surface area contributed by atoms with Crippen molar-refractivity contribution in [1.29, 1.82) is 0 Å². The van der Waals surface area contributed by atoms with Gasteiger partial charge < -0.3 is 9.80 Å². The molecule has 2 aromatic carbocycles. The smallest absolute Gasteiger partial charge is 0.243 e. The minimum Gasteiger partial charge on any atom is -0.369 e. The lowest BCUT2D eigenvalue weighted by atomic mass is 10.00. The summed E-state index contributed by atoms with van der Waals surface area (Å²) in [5.41, 5.74) is 3.93. The third kappa shape index (κ3) is 3.21. The van der Waals surface area contributed by atoms with Gasteiger partial charge in [-0.3, -0.25) is 4.79 Å². The highest BCUT2D eigenvalue weighted by atomic mass is 35.5. The van der Waals surface area contributed by atoms with E-state index in [1.165, 1.54) is 0 Å². The molecule has 0 unspecified atom stereocenters. The fraction of sp³-hybridized carbons (Fsp3) is 0.381. The molecule has 0 spiro atoms. The molecule has 1 fully saturated rings. The molecule has 0 aromatic heterocycles. The number of rotatable bonds is 3. The van der Waals surface area contributed by atoms with Crippen LogP contribution in [0.25, 0.3) is 0 Å². The molecule has 8 heteroatoms. The summed E-state index contributed by atoms with van der Waals surface area (Å²) in [5, 5.41) is 0.678. The molecule has 3 aliphatic rings. The first kappa shape index (κ1) is 18.9. The molecule has 0 aliphatic carbocycles. The van der Waals surface area contributed by atoms with Gasteiger partial charge in [0, 0.05) is 49.9 Å². The highest BCUT2D eigenvalue weighted by Gasteiger charge is 2.35. The zero-order chi connectivity index (χ0) is 20.2. The quantitative estimate of drug-likeness (QED) is 0.749. The number of benzene rings is 2. The van der Waals surface area contributed by atoms with Gasteiger partial charge in [0.1, 0.15) is 0 Å². The average molecular weight is 432 g/mol. The molecule has 0 atom stereocenters. The summed E-state index contributed by atoms with van der Waals surface area (Å²) < 4.78 is 28.2. The van der Waals surface area contributed by atoms with Crippen LogP contribution in [0.2, 0.25) is 5.02 Å². The van der Waals surface area contributed by atoms with E-state index in [1.54, 1.807) is 16.4 Å². The second-order valence-corrected chi connectivity index (χ2v) is 10.1. The van der Waals surface area contributed by atoms with Gasteiger partial charge in [-0.05, 0) is 54.3 Å². The highest BCUT2D eigenvalue weighted by Crippen LogP contribution is 2.39. The fourth-order valence-electron chi connectivity index (χ4n) is 4.58. The van der Waals surface area contributed by atoms with Crippen LogP contribution in [0.1, 0.15) is 17.5 Å². The first-order chi connectivity index (χ1) is 13.9. The van der Waals surface area contributed by atoms with Crippen molar-refractivity contribution in [3.63, 3.8) is 0 Å². The molecule has 0 saturated carbocycles. The molecule has 1 saturated heterocycles. The van der Waals surface area contributed by atoms with E-state index < -0.39 is 10.0 Å². The Morgan fingerprint density at radius 3 is 2.31 bits per heavy atom. The molecular weight excluding hydrogens is 410 g/mol. The molecular formula is C21H22ClN3O3S. The number of sulfonamides is 1. The number of nitrogens with zero attached hydrogens (tertiary/aromatic N) is 3. The number of aryl methyl sites for hydroxylation is 1. The van der Waals surface area contributed by atoms with Crippen LogP contribution in [0.5, 0.6) is 0 Å². The summed E-state index contributed by atoms with van der Waals surface area (Å²) in [5.74, 6) is 0.143. The second-order valence-electron chi connectivity index (χ2n) is 7.76. The Labute approximate surface area is 175 Å². The van der Waals surface area contributed by atoms with Crippen molar-refractivity contribution < 1.29 is 13.2 Å². The summed E-state index contributed by atoms with van der Waals surface area (Å²) >= 11 is 6.09. The van der Waals surface area contributed by atoms with Crippen LogP contribution >= 0.6 is 11.6 Å². The molecule has 29 heavy (non-hydrogen) atoms. The third-order valence-electron chi connectivity index (χ3n) is 6.07. The van der Waals surface area contributed by atoms with Gasteiger partial charge in [0.05, 0.1) is 10.6 Å². The van der Waals surface area contributed by atoms with Gasteiger partial charge >= 0.3 is 0 Å². The lowest BCUT2D eigenvalue weighted by Crippen LogP contribution is -2.48. The molecule has 5 rings (SSSR count). The maximum Gasteiger partial charge on any atom is 0.243 e. The SMILES string of the molecule is O=C1CCc2cc(S(=O)(=O)N3CCN(c4cccc(Cl)c4)CC3)cc3c2N1CC3. The highest BCUT2D eigenvalue weighted by molar-refractivity contribution is 7.89. The molecule has 3 heterocycles. The Hall–Kier alpha value is -2.09. The van der Waals surface area contributed by atoms with Crippen molar-refractivity contribution in [3.05, 3.63) is 52.5 Å². The molecule has 0 N–H and O–H groups in total. The van der Waals surface area contributed by atoms with E-state index in [-0.39, 0.29) is 5.91 Å². The molecule has 6 nitrogen and oxygen atoms in total. The van der Waals surface area contributed by atoms with Crippen LogP contribution in [0.15, 0.2) is 41.3 Å². The van der Waals surface area contributed by atoms with Crippen LogP contribution in [-0.4, -0.2) is 51.4 Å². The van der Waals surface area contributed by atoms with Crippen LogP contribution in [0.3, 0.4) is 0 Å². The zero-order valence-electron chi connectivity index (χ0n) is 16.0. The number of hydrogen-bond donors (Lipinski definition) is 0. The van der Waals surface area contributed by atoms with Gasteiger partial charge in [0.25, 0.3) is 0 Å². The summed E-state index contributed by atoms with van der Waals surface area (Å²) in [6.45, 7) is 2.78. The lowest BCUT2D eigenvalue weighted by Gasteiger charge is -2.35. The van der Waals surface area contributed by atoms with Crippen molar-refractivity contribution in [2.24, 2.45) is 0 Å². The van der Waals surface area contributed by atoms with Crippen molar-refractivity contribution in [3.8, 4) is 0 Å². The predicted molar refractivity (Wildman–Crippen MR) is 113 cm³/mol. The maximum atomic E-state index is 13.3. The Bertz CT molecular complexity index is 1090. The van der Waals surface area contributed by atoms with Gasteiger partial charge in [0.2, 0.25) is 15.9 Å². The fourth-order valence-corrected chi connectivity index (χ4v) is 6.29. The number of amides is 1. The average Bonchev–Trinajstić information content (AvgIpc) is 3.16. The monoisotopic (exact) mass is 431 g/mol. The standard InChI is InChI=1S/C21H22ClN3O3S/c22-17-2-1-3-18(14-17)23-8-10-24(11-9-23)29(27,28)19-12-15-4-5-20(26)25-7-6-16(13-19)21(15)25/h1-3,12-14H,4-11H2. The topological polar surface area (TPSA) is 60.9 Å². The number of piperazine rings is 1. The normalized spacial score (nSPS) is 19.6. The van der Waals surface area contributed by atoms with Gasteiger partial charge in [-0.2, -0.15) is 4.31 Å². The zero-order valence-corrected chi connectivity index (χ0v) is 17.5. The largest absolute Gasteiger partial charge is 0.369 e. The van der Waals surface area contributed by atoms with Crippen LogP contribution < -0.4 is 9.80 Å². The second kappa shape index (κ2) is 7.00. The van der Waals surface area contributed by atoms with E-state index in [0.29, 0.717) is 55.5 Å². The minimum atomic E-state index is -3.56. The predicted octanol–water partition coefficient (Wildman–Crippen LogP) is 2.69. The van der Waals surface area contributed by atoms with Crippen molar-refractivity contribution in [2.75, 3.05) is 42.5 Å². The Kier molecular flexibility index (Phi) is 4.57. The van der Waals surface area contributed by atoms with E-state index in [4.69, 9.17) is 11.6 Å². The van der Waals surface area contributed by atoms with Crippen LogP contribution in [0, 0.1) is 0 Å². The molecule has 0 bridgehead atoms. The van der Waals surface area contributed by atoms with E-state index in [1.807, 2.05) is 29.2 Å². The lowest BCUT2D eigenvalue weighted by molar-refractivity contribution is -0.118. The molecule has 152 valence electrons.